The minimum atomic E-state index is -0.642. The highest BCUT2D eigenvalue weighted by Crippen LogP contribution is 2.39. The van der Waals surface area contributed by atoms with Crippen molar-refractivity contribution in [3.8, 4) is 62.9 Å². The summed E-state index contributed by atoms with van der Waals surface area (Å²) in [6, 6.07) is 50.4. The number of benzene rings is 8. The number of nitrogens with one attached hydrogen (secondary N) is 1. The smallest absolute Gasteiger partial charge is 0.537 e. The Labute approximate surface area is 848 Å². The van der Waals surface area contributed by atoms with Gasteiger partial charge in [-0.15, -0.1) is 0 Å². The average molecular weight is 2010 g/mol. The van der Waals surface area contributed by atoms with E-state index in [-0.39, 0.29) is 47.1 Å². The number of nitrogens with two attached hydrogens (primary N) is 4. The number of methoxy groups -OCH3 is 4. The van der Waals surface area contributed by atoms with Crippen LogP contribution in [0.3, 0.4) is 0 Å². The summed E-state index contributed by atoms with van der Waals surface area (Å²) in [4.78, 5) is 144. The number of carbonyl (C=O) groups excluding carboxylic acids is 5. The number of allylic oxidation sites excluding steroid dienone is 1. The van der Waals surface area contributed by atoms with Crippen LogP contribution in [0.1, 0.15) is 69.4 Å². The minimum Gasteiger partial charge on any atom is -0.537 e. The summed E-state index contributed by atoms with van der Waals surface area (Å²) < 4.78 is 45.8. The molecule has 0 unspecified atom stereocenters. The van der Waals surface area contributed by atoms with Gasteiger partial charge in [-0.05, 0) is 234 Å². The van der Waals surface area contributed by atoms with Gasteiger partial charge in [0.1, 0.15) is 93.4 Å². The summed E-state index contributed by atoms with van der Waals surface area (Å²) in [6.45, 7) is 19.9. The number of ether oxygens (including phenoxy) is 6. The van der Waals surface area contributed by atoms with E-state index < -0.39 is 34.3 Å². The normalized spacial score (nSPS) is 11.5. The lowest BCUT2D eigenvalue weighted by Gasteiger charge is -2.25. The molecule has 0 spiro atoms. The van der Waals surface area contributed by atoms with Gasteiger partial charge in [-0.25, -0.2) is 77.5 Å². The average Bonchev–Trinajstić information content (AvgIpc) is 1.61. The first-order valence-electron chi connectivity index (χ1n) is 45.4. The molecule has 0 fully saturated rings. The molecule has 7 aromatic heterocycles. The molecule has 1 aliphatic heterocycles. The zero-order valence-electron chi connectivity index (χ0n) is 85.2. The molecule has 16 rings (SSSR count). The molecule has 15 aromatic rings. The van der Waals surface area contributed by atoms with E-state index in [1.54, 1.807) is 206 Å². The van der Waals surface area contributed by atoms with Crippen LogP contribution >= 0.6 is 11.6 Å². The van der Waals surface area contributed by atoms with Crippen LogP contribution in [0, 0.1) is 27.7 Å². The van der Waals surface area contributed by atoms with Gasteiger partial charge in [0, 0.05) is 99.9 Å². The number of imidazole rings is 3. The van der Waals surface area contributed by atoms with Crippen molar-refractivity contribution >= 4 is 140 Å². The predicted molar refractivity (Wildman–Crippen MR) is 569 cm³/mol. The molecular formula is C103H118BClN25O16. The number of likely N-dealkylation sites (N-methyl/N-ethyl adjacent to an activating group) is 3. The Bertz CT molecular complexity index is 7570. The molecule has 0 saturated heterocycles. The standard InChI is InChI=1S/C26H29N7O3.C25H28N6O4.C20H20N6O2.C18H21N5O3.C8H10BO3.C6H10ClNO/c1-17-11-12-20(15-21(17)36-5)32-23-24(27)28-16-29-25(23)33(26(32)35)19-9-6-8-18(14-19)31(4)22(34)10-7-13-30(2)3;1-15-10-11-18(13-19(15)34-6)30-20-21(26)27-14-28-22(20)31(23(30)32)17-9-7-8-16(12-17)29(5)24(33)35-25(2,3)4;1-12-7-8-15(10-16(12)28-3)25-17-18(21)23-11-24-19(17)26(20(25)27)14-6-4-5-13(9-14)22-2;1-18(2,3)26-17(25)22(4)11-6-5-7-12(8-11)23-14(24)9-13-15(19)20-10-21-16(13)23;1-6-3-4-7(12-9-10)5-8(6)11-2;1-8(2)5-3-4-6(7)9/h6-12,14-16H,13H2,1-5H3,(H2,27,28,29);7-14H,1-6H3,(H2,26,27,28);4-11,22H,1-3H3,(H2,21,23,24);5-8,10H,9H2,1-4H3,(H2,19,20,21);3-5,10H,1-2H3;3-4H,5H2,1-2H3/b10-7+;;;;;4-3+. The van der Waals surface area contributed by atoms with E-state index in [1.807, 2.05) is 139 Å². The number of halogens is 1. The molecule has 1 radical (unpaired) electrons. The summed E-state index contributed by atoms with van der Waals surface area (Å²) in [5, 5.41) is 11.0. The number of aryl methyl sites for hydroxylation is 4. The molecular weight excluding hydrogens is 1890 g/mol. The number of nitrogen functional groups attached to an aromatic ring is 4. The summed E-state index contributed by atoms with van der Waals surface area (Å²) in [6.07, 6.45) is 10.9. The summed E-state index contributed by atoms with van der Waals surface area (Å²) >= 11 is 5.02. The van der Waals surface area contributed by atoms with Gasteiger partial charge in [0.25, 0.3) is 0 Å². The highest BCUT2D eigenvalue weighted by Gasteiger charge is 2.34. The Morgan fingerprint density at radius 3 is 1.15 bits per heavy atom. The lowest BCUT2D eigenvalue weighted by atomic mass is 10.2. The van der Waals surface area contributed by atoms with E-state index in [0.29, 0.717) is 145 Å². The number of carbonyl (C=O) groups is 5. The molecule has 10 N–H and O–H groups in total. The Hall–Kier alpha value is -17.2. The lowest BCUT2D eigenvalue weighted by Crippen LogP contribution is -2.34. The molecule has 0 aliphatic carbocycles. The maximum absolute atomic E-state index is 13.8. The molecule has 0 atom stereocenters. The Morgan fingerprint density at radius 1 is 0.432 bits per heavy atom. The van der Waals surface area contributed by atoms with Crippen molar-refractivity contribution in [2.45, 2.75) is 86.9 Å². The number of aromatic nitrogens is 14. The quantitative estimate of drug-likeness (QED) is 0.0197. The highest BCUT2D eigenvalue weighted by molar-refractivity contribution is 6.66. The molecule has 0 saturated carbocycles. The minimum absolute atomic E-state index is 0.147. The van der Waals surface area contributed by atoms with E-state index in [0.717, 1.165) is 40.2 Å². The second kappa shape index (κ2) is 48.0. The van der Waals surface area contributed by atoms with Gasteiger partial charge in [0.2, 0.25) is 17.1 Å². The van der Waals surface area contributed by atoms with Gasteiger partial charge >= 0.3 is 36.9 Å². The number of hydrogen-bond acceptors (Lipinski definition) is 31. The predicted octanol–water partition coefficient (Wildman–Crippen LogP) is 13.3. The Morgan fingerprint density at radius 2 is 0.774 bits per heavy atom. The van der Waals surface area contributed by atoms with Crippen LogP contribution in [0.2, 0.25) is 0 Å². The van der Waals surface area contributed by atoms with Gasteiger partial charge < -0.3 is 81.1 Å². The third kappa shape index (κ3) is 26.0. The van der Waals surface area contributed by atoms with Crippen LogP contribution in [0.4, 0.5) is 67.1 Å². The van der Waals surface area contributed by atoms with Crippen LogP contribution in [0.15, 0.2) is 234 Å². The molecule has 41 nitrogen and oxygen atoms in total. The molecule has 43 heteroatoms. The van der Waals surface area contributed by atoms with E-state index in [2.05, 4.69) is 45.2 Å². The van der Waals surface area contributed by atoms with Gasteiger partial charge in [0.15, 0.2) is 34.4 Å². The zero-order valence-corrected chi connectivity index (χ0v) is 85.9. The van der Waals surface area contributed by atoms with Gasteiger partial charge in [-0.1, -0.05) is 60.7 Å². The molecule has 1 aliphatic rings. The van der Waals surface area contributed by atoms with Crippen molar-refractivity contribution in [1.29, 1.82) is 0 Å². The zero-order chi connectivity index (χ0) is 107. The maximum atomic E-state index is 13.8. The van der Waals surface area contributed by atoms with Crippen LogP contribution in [0.25, 0.3) is 67.6 Å². The number of anilines is 10. The molecule has 146 heavy (non-hydrogen) atoms. The number of hydrogen-bond donors (Lipinski definition) is 6. The van der Waals surface area contributed by atoms with Crippen LogP contribution in [0.5, 0.6) is 28.7 Å². The number of fused-ring (bicyclic) bond motifs is 4. The van der Waals surface area contributed by atoms with Crippen LogP contribution in [-0.2, 0) is 30.3 Å². The van der Waals surface area contributed by atoms with Crippen LogP contribution < -0.4 is 88.5 Å². The van der Waals surface area contributed by atoms with E-state index in [1.165, 1.54) is 84.5 Å². The van der Waals surface area contributed by atoms with E-state index in [9.17, 15) is 38.4 Å². The first kappa shape index (κ1) is 109. The van der Waals surface area contributed by atoms with Gasteiger partial charge in [0.05, 0.1) is 74.7 Å². The maximum Gasteiger partial charge on any atom is 0.569 e. The fourth-order valence-corrected chi connectivity index (χ4v) is 15.0. The van der Waals surface area contributed by atoms with Crippen molar-refractivity contribution < 1.29 is 62.1 Å². The topological polar surface area (TPSA) is 490 Å². The molecule has 4 amide bonds. The third-order valence-electron chi connectivity index (χ3n) is 22.1. The van der Waals surface area contributed by atoms with Crippen molar-refractivity contribution in [3.05, 3.63) is 279 Å². The summed E-state index contributed by atoms with van der Waals surface area (Å²) in [5.41, 5.74) is 35.6. The largest absolute Gasteiger partial charge is 0.569 e. The summed E-state index contributed by atoms with van der Waals surface area (Å²) in [5.74, 6) is 4.25. The molecule has 761 valence electrons. The second-order valence-electron chi connectivity index (χ2n) is 35.4. The van der Waals surface area contributed by atoms with Gasteiger partial charge in [-0.3, -0.25) is 42.8 Å². The SMILES string of the molecule is CN(C(=O)OC(C)(C)C)c1cccc(N2C(=O)Cc3c(N)ncnc32)c1.CN(C)C/C=C/C(=O)Cl.CNc1cccc(-n2c(=O)n(-c3ccc(C)c(OC)c3)c3c(N)ncnc32)c1.COc1cc(-n2c(=O)n(-c3cccc(N(C)C(=O)/C=C/CN(C)C)c3)c3ncnc(N)c32)ccc1C.COc1cc(-n2c(=O)n(-c3cccc(N(C)C(=O)OC(C)(C)C)c3)c3ncnc(N)c32)ccc1C.COc1cc(O[B]O)ccc1C. The number of rotatable bonds is 23. The Balaban J connectivity index is 0.000000174. The van der Waals surface area contributed by atoms with Crippen molar-refractivity contribution in [2.75, 3.05) is 146 Å². The first-order valence-corrected chi connectivity index (χ1v) is 45.7. The van der Waals surface area contributed by atoms with Crippen molar-refractivity contribution in [2.24, 2.45) is 0 Å². The molecule has 8 heterocycles. The Kier molecular flexibility index (Phi) is 35.9. The molecule has 8 aromatic carbocycles. The van der Waals surface area contributed by atoms with E-state index in [4.69, 9.17) is 72.6 Å². The fourth-order valence-electron chi connectivity index (χ4n) is 14.9. The van der Waals surface area contributed by atoms with Crippen molar-refractivity contribution in [3.63, 3.8) is 0 Å². The second-order valence-corrected chi connectivity index (χ2v) is 35.8. The van der Waals surface area contributed by atoms with E-state index >= 15 is 0 Å². The highest BCUT2D eigenvalue weighted by atomic mass is 35.5. The number of nitrogens with zero attached hydrogens (tertiary/aromatic N) is 20. The monoisotopic (exact) mass is 2010 g/mol. The fraction of sp³-hybridized carbons (Fsp3) is 0.262. The summed E-state index contributed by atoms with van der Waals surface area (Å²) in [7, 11) is 21.4. The number of amides is 4. The van der Waals surface area contributed by atoms with Gasteiger partial charge in [-0.2, -0.15) is 0 Å². The van der Waals surface area contributed by atoms with Crippen molar-refractivity contribution in [1.82, 2.24) is 77.1 Å². The third-order valence-corrected chi connectivity index (χ3v) is 22.3. The van der Waals surface area contributed by atoms with Crippen LogP contribution in [-0.4, -0.2) is 228 Å². The lowest BCUT2D eigenvalue weighted by molar-refractivity contribution is -0.117. The first-order chi connectivity index (χ1) is 69.4. The molecule has 0 bridgehead atoms.